The van der Waals surface area contributed by atoms with Crippen LogP contribution in [0.25, 0.3) is 0 Å². The largest absolute Gasteiger partial charge is 0.355 e. The number of benzene rings is 1. The highest BCUT2D eigenvalue weighted by molar-refractivity contribution is 5.75. The van der Waals surface area contributed by atoms with E-state index in [0.717, 1.165) is 32.6 Å². The predicted molar refractivity (Wildman–Crippen MR) is 127 cm³/mol. The number of hydrogen-bond donors (Lipinski definition) is 1. The van der Waals surface area contributed by atoms with Crippen LogP contribution in [-0.4, -0.2) is 79.0 Å². The van der Waals surface area contributed by atoms with E-state index in [9.17, 15) is 4.79 Å². The van der Waals surface area contributed by atoms with Gasteiger partial charge in [0.25, 0.3) is 0 Å². The van der Waals surface area contributed by atoms with Crippen molar-refractivity contribution in [2.45, 2.75) is 64.0 Å². The minimum atomic E-state index is 0.248. The topological polar surface area (TPSA) is 38.8 Å². The molecule has 1 aromatic rings. The number of hydrogen-bond acceptors (Lipinski definition) is 4. The van der Waals surface area contributed by atoms with Crippen LogP contribution in [0.3, 0.4) is 0 Å². The summed E-state index contributed by atoms with van der Waals surface area (Å²) >= 11 is 0. The zero-order valence-electron chi connectivity index (χ0n) is 19.3. The Balaban J connectivity index is 1.25. The molecule has 5 nitrogen and oxygen atoms in total. The Morgan fingerprint density at radius 3 is 2.42 bits per heavy atom. The van der Waals surface area contributed by atoms with Gasteiger partial charge in [-0.1, -0.05) is 36.8 Å². The van der Waals surface area contributed by atoms with Gasteiger partial charge >= 0.3 is 0 Å². The Kier molecular flexibility index (Phi) is 8.80. The third-order valence-electron chi connectivity index (χ3n) is 7.58. The van der Waals surface area contributed by atoms with Crippen LogP contribution in [0.15, 0.2) is 30.3 Å². The van der Waals surface area contributed by atoms with Crippen molar-refractivity contribution in [1.29, 1.82) is 0 Å². The third kappa shape index (κ3) is 7.03. The lowest BCUT2D eigenvalue weighted by Crippen LogP contribution is -2.50. The highest BCUT2D eigenvalue weighted by atomic mass is 16.1. The van der Waals surface area contributed by atoms with E-state index < -0.39 is 0 Å². The van der Waals surface area contributed by atoms with Crippen LogP contribution in [0.2, 0.25) is 0 Å². The summed E-state index contributed by atoms with van der Waals surface area (Å²) in [6, 6.07) is 11.5. The average molecular weight is 427 g/mol. The number of nitrogens with one attached hydrogen (secondary N) is 1. The van der Waals surface area contributed by atoms with Gasteiger partial charge in [-0.25, -0.2) is 0 Å². The maximum absolute atomic E-state index is 12.6. The summed E-state index contributed by atoms with van der Waals surface area (Å²) in [6.45, 7) is 10.1. The van der Waals surface area contributed by atoms with Gasteiger partial charge in [-0.3, -0.25) is 9.69 Å². The molecule has 5 heteroatoms. The van der Waals surface area contributed by atoms with Crippen molar-refractivity contribution in [3.05, 3.63) is 35.9 Å². The summed E-state index contributed by atoms with van der Waals surface area (Å²) in [6.07, 6.45) is 9.61. The zero-order valence-corrected chi connectivity index (χ0v) is 19.3. The molecule has 0 saturated carbocycles. The van der Waals surface area contributed by atoms with Gasteiger partial charge in [0.1, 0.15) is 0 Å². The molecule has 0 bridgehead atoms. The smallest absolute Gasteiger partial charge is 0.220 e. The van der Waals surface area contributed by atoms with Crippen LogP contribution in [0.5, 0.6) is 0 Å². The van der Waals surface area contributed by atoms with E-state index in [1.807, 2.05) is 0 Å². The molecule has 0 aliphatic carbocycles. The van der Waals surface area contributed by atoms with E-state index in [0.29, 0.717) is 18.4 Å². The van der Waals surface area contributed by atoms with Crippen molar-refractivity contribution in [1.82, 2.24) is 20.0 Å². The van der Waals surface area contributed by atoms with Gasteiger partial charge in [0.15, 0.2) is 0 Å². The molecule has 31 heavy (non-hydrogen) atoms. The van der Waals surface area contributed by atoms with E-state index in [2.05, 4.69) is 50.3 Å². The summed E-state index contributed by atoms with van der Waals surface area (Å²) in [5.74, 6) is 0.848. The first-order valence-corrected chi connectivity index (χ1v) is 12.8. The van der Waals surface area contributed by atoms with Crippen LogP contribution in [0, 0.1) is 5.92 Å². The van der Waals surface area contributed by atoms with Gasteiger partial charge in [0.2, 0.25) is 5.91 Å². The molecule has 3 saturated heterocycles. The molecule has 3 heterocycles. The summed E-state index contributed by atoms with van der Waals surface area (Å²) in [5.41, 5.74) is 1.40. The minimum absolute atomic E-state index is 0.248. The Hall–Kier alpha value is -1.43. The second kappa shape index (κ2) is 12.0. The van der Waals surface area contributed by atoms with Crippen molar-refractivity contribution >= 4 is 5.91 Å². The normalized spacial score (nSPS) is 26.2. The van der Waals surface area contributed by atoms with Crippen molar-refractivity contribution < 1.29 is 4.79 Å². The molecule has 172 valence electrons. The number of carbonyl (C=O) groups is 1. The SMILES string of the molecule is O=C(CC[C@@H]1CN(Cc2ccccc2)CC[C@@H]1N1CCCC1)NCCN1CCCCC1. The molecule has 0 aromatic heterocycles. The van der Waals surface area contributed by atoms with Gasteiger partial charge in [-0.2, -0.15) is 0 Å². The molecular weight excluding hydrogens is 384 g/mol. The molecule has 3 aliphatic rings. The van der Waals surface area contributed by atoms with E-state index in [1.165, 1.54) is 76.8 Å². The summed E-state index contributed by atoms with van der Waals surface area (Å²) < 4.78 is 0. The van der Waals surface area contributed by atoms with E-state index in [1.54, 1.807) is 0 Å². The van der Waals surface area contributed by atoms with Gasteiger partial charge in [0.05, 0.1) is 0 Å². The maximum atomic E-state index is 12.6. The average Bonchev–Trinajstić information content (AvgIpc) is 3.34. The quantitative estimate of drug-likeness (QED) is 0.657. The Morgan fingerprint density at radius 1 is 0.903 bits per heavy atom. The molecule has 2 atom stereocenters. The molecule has 0 unspecified atom stereocenters. The van der Waals surface area contributed by atoms with E-state index in [4.69, 9.17) is 0 Å². The van der Waals surface area contributed by atoms with Gasteiger partial charge < -0.3 is 15.1 Å². The second-order valence-electron chi connectivity index (χ2n) is 9.87. The molecule has 0 spiro atoms. The number of carbonyl (C=O) groups excluding carboxylic acids is 1. The third-order valence-corrected chi connectivity index (χ3v) is 7.58. The van der Waals surface area contributed by atoms with E-state index >= 15 is 0 Å². The molecule has 3 aliphatic heterocycles. The molecule has 1 amide bonds. The predicted octanol–water partition coefficient (Wildman–Crippen LogP) is 3.36. The Bertz CT molecular complexity index is 655. The minimum Gasteiger partial charge on any atom is -0.355 e. The van der Waals surface area contributed by atoms with Crippen LogP contribution in [0.4, 0.5) is 0 Å². The number of nitrogens with zero attached hydrogens (tertiary/aromatic N) is 3. The maximum Gasteiger partial charge on any atom is 0.220 e. The first-order valence-electron chi connectivity index (χ1n) is 12.8. The number of likely N-dealkylation sites (tertiary alicyclic amines) is 3. The second-order valence-corrected chi connectivity index (χ2v) is 9.87. The summed E-state index contributed by atoms with van der Waals surface area (Å²) in [4.78, 5) is 20.4. The fourth-order valence-corrected chi connectivity index (χ4v) is 5.86. The summed E-state index contributed by atoms with van der Waals surface area (Å²) in [7, 11) is 0. The fraction of sp³-hybridized carbons (Fsp3) is 0.731. The monoisotopic (exact) mass is 426 g/mol. The molecule has 1 aromatic carbocycles. The molecule has 4 rings (SSSR count). The van der Waals surface area contributed by atoms with Gasteiger partial charge in [0, 0.05) is 38.6 Å². The van der Waals surface area contributed by atoms with Crippen LogP contribution in [-0.2, 0) is 11.3 Å². The first kappa shape index (κ1) is 22.8. The first-order chi connectivity index (χ1) is 15.3. The van der Waals surface area contributed by atoms with Crippen molar-refractivity contribution in [3.63, 3.8) is 0 Å². The summed E-state index contributed by atoms with van der Waals surface area (Å²) in [5, 5.41) is 3.20. The number of piperidine rings is 2. The lowest BCUT2D eigenvalue weighted by atomic mass is 9.86. The Labute approximate surface area is 189 Å². The highest BCUT2D eigenvalue weighted by Gasteiger charge is 2.34. The molecule has 1 N–H and O–H groups in total. The zero-order chi connectivity index (χ0) is 21.3. The van der Waals surface area contributed by atoms with Crippen LogP contribution < -0.4 is 5.32 Å². The number of rotatable bonds is 9. The lowest BCUT2D eigenvalue weighted by molar-refractivity contribution is -0.121. The Morgan fingerprint density at radius 2 is 1.65 bits per heavy atom. The molecule has 3 fully saturated rings. The van der Waals surface area contributed by atoms with E-state index in [-0.39, 0.29) is 5.91 Å². The van der Waals surface area contributed by atoms with Crippen molar-refractivity contribution in [3.8, 4) is 0 Å². The van der Waals surface area contributed by atoms with Gasteiger partial charge in [-0.05, 0) is 82.7 Å². The van der Waals surface area contributed by atoms with Crippen molar-refractivity contribution in [2.24, 2.45) is 5.92 Å². The van der Waals surface area contributed by atoms with Crippen LogP contribution in [0.1, 0.15) is 56.9 Å². The van der Waals surface area contributed by atoms with Gasteiger partial charge in [-0.15, -0.1) is 0 Å². The van der Waals surface area contributed by atoms with Crippen LogP contribution >= 0.6 is 0 Å². The lowest BCUT2D eigenvalue weighted by Gasteiger charge is -2.43. The highest BCUT2D eigenvalue weighted by Crippen LogP contribution is 2.29. The van der Waals surface area contributed by atoms with Crippen molar-refractivity contribution in [2.75, 3.05) is 52.4 Å². The standard InChI is InChI=1S/C26H42N4O/c31-26(27-14-20-28-15-5-2-6-16-28)12-11-24-22-29(21-23-9-3-1-4-10-23)19-13-25(24)30-17-7-8-18-30/h1,3-4,9-10,24-25H,2,5-8,11-22H2,(H,27,31)/t24-,25+/m1/s1. The molecular formula is C26H42N4O. The fourth-order valence-electron chi connectivity index (χ4n) is 5.86. The number of amides is 1. The molecule has 0 radical (unpaired) electrons.